The fourth-order valence-corrected chi connectivity index (χ4v) is 5.31. The van der Waals surface area contributed by atoms with Gasteiger partial charge in [-0.3, -0.25) is 14.4 Å². The van der Waals surface area contributed by atoms with Gasteiger partial charge >= 0.3 is 5.97 Å². The van der Waals surface area contributed by atoms with Crippen LogP contribution in [0, 0.1) is 0 Å². The van der Waals surface area contributed by atoms with Gasteiger partial charge in [0.05, 0.1) is 16.1 Å². The summed E-state index contributed by atoms with van der Waals surface area (Å²) in [6.45, 7) is 13.7. The predicted octanol–water partition coefficient (Wildman–Crippen LogP) is 3.69. The highest BCUT2D eigenvalue weighted by Crippen LogP contribution is 2.14. The number of ketones is 1. The number of nitrogens with one attached hydrogen (secondary N) is 1. The molecule has 0 aromatic heterocycles. The van der Waals surface area contributed by atoms with Gasteiger partial charge in [-0.2, -0.15) is 0 Å². The molecule has 0 unspecified atom stereocenters. The highest BCUT2D eigenvalue weighted by Gasteiger charge is 2.23. The van der Waals surface area contributed by atoms with Crippen LogP contribution in [0.4, 0.5) is 5.69 Å². The van der Waals surface area contributed by atoms with Crippen molar-refractivity contribution in [2.75, 3.05) is 5.32 Å². The zero-order chi connectivity index (χ0) is 22.0. The van der Waals surface area contributed by atoms with E-state index >= 15 is 0 Å². The highest BCUT2D eigenvalue weighted by atomic mass is 28.3. The third kappa shape index (κ3) is 6.23. The van der Waals surface area contributed by atoms with Crippen molar-refractivity contribution in [2.24, 2.45) is 0 Å². The second kappa shape index (κ2) is 8.46. The Morgan fingerprint density at radius 1 is 0.793 bits per heavy atom. The Balaban J connectivity index is 2.28. The molecule has 2 N–H and O–H groups in total. The van der Waals surface area contributed by atoms with Gasteiger partial charge < -0.3 is 10.4 Å². The van der Waals surface area contributed by atoms with Crippen LogP contribution in [-0.2, 0) is 4.79 Å². The van der Waals surface area contributed by atoms with E-state index in [1.54, 1.807) is 12.1 Å². The van der Waals surface area contributed by atoms with E-state index in [1.165, 1.54) is 22.5 Å². The van der Waals surface area contributed by atoms with Gasteiger partial charge in [-0.25, -0.2) is 0 Å². The molecule has 2 aromatic rings. The molecular weight excluding hydrogens is 398 g/mol. The lowest BCUT2D eigenvalue weighted by Crippen LogP contribution is -2.45. The SMILES string of the molecule is C[Si](C)(C)c1cc(NC(=O)c2ccc(C(=O)CC(=O)O)cc2)cc([Si](C)(C)C)c1. The molecule has 0 heterocycles. The van der Waals surface area contributed by atoms with E-state index in [-0.39, 0.29) is 11.5 Å². The van der Waals surface area contributed by atoms with Gasteiger partial charge in [-0.15, -0.1) is 0 Å². The van der Waals surface area contributed by atoms with Crippen molar-refractivity contribution in [3.05, 3.63) is 53.6 Å². The Hall–Kier alpha value is -2.52. The summed E-state index contributed by atoms with van der Waals surface area (Å²) in [6.07, 6.45) is -0.561. The molecule has 0 bridgehead atoms. The van der Waals surface area contributed by atoms with E-state index in [4.69, 9.17) is 5.11 Å². The molecule has 0 spiro atoms. The van der Waals surface area contributed by atoms with Gasteiger partial charge in [0, 0.05) is 16.8 Å². The number of aliphatic carboxylic acids is 1. The molecule has 7 heteroatoms. The number of carbonyl (C=O) groups excluding carboxylic acids is 2. The molecule has 0 atom stereocenters. The molecule has 2 rings (SSSR count). The summed E-state index contributed by atoms with van der Waals surface area (Å²) in [5.41, 5.74) is 1.49. The Kier molecular flexibility index (Phi) is 6.65. The molecule has 0 aliphatic carbocycles. The summed E-state index contributed by atoms with van der Waals surface area (Å²) >= 11 is 0. The quantitative estimate of drug-likeness (QED) is 0.401. The molecule has 5 nitrogen and oxygen atoms in total. The Bertz CT molecular complexity index is 907. The summed E-state index contributed by atoms with van der Waals surface area (Å²) in [6, 6.07) is 12.5. The lowest BCUT2D eigenvalue weighted by atomic mass is 10.1. The van der Waals surface area contributed by atoms with Crippen molar-refractivity contribution in [3.8, 4) is 0 Å². The maximum atomic E-state index is 12.7. The average Bonchev–Trinajstić information content (AvgIpc) is 2.59. The van der Waals surface area contributed by atoms with Crippen molar-refractivity contribution in [1.29, 1.82) is 0 Å². The summed E-state index contributed by atoms with van der Waals surface area (Å²) < 4.78 is 0. The van der Waals surface area contributed by atoms with Crippen LogP contribution in [-0.4, -0.2) is 38.9 Å². The molecule has 0 aliphatic rings. The Morgan fingerprint density at radius 2 is 1.24 bits per heavy atom. The summed E-state index contributed by atoms with van der Waals surface area (Å²) in [7, 11) is -3.11. The van der Waals surface area contributed by atoms with Crippen molar-refractivity contribution >= 4 is 49.9 Å². The number of carboxylic acid groups (broad SMARTS) is 1. The molecule has 2 aromatic carbocycles. The van der Waals surface area contributed by atoms with Crippen LogP contribution < -0.4 is 15.7 Å². The van der Waals surface area contributed by atoms with Crippen LogP contribution in [0.5, 0.6) is 0 Å². The minimum atomic E-state index is -1.55. The minimum Gasteiger partial charge on any atom is -0.481 e. The van der Waals surface area contributed by atoms with E-state index in [1.807, 2.05) is 0 Å². The van der Waals surface area contributed by atoms with Crippen LogP contribution in [0.2, 0.25) is 39.3 Å². The maximum absolute atomic E-state index is 12.7. The normalized spacial score (nSPS) is 11.8. The largest absolute Gasteiger partial charge is 0.481 e. The van der Waals surface area contributed by atoms with Gasteiger partial charge in [0.15, 0.2) is 5.78 Å². The molecule has 0 fully saturated rings. The summed E-state index contributed by atoms with van der Waals surface area (Å²) in [5, 5.41) is 14.3. The number of hydrogen-bond donors (Lipinski definition) is 2. The first-order valence-electron chi connectivity index (χ1n) is 9.60. The topological polar surface area (TPSA) is 83.5 Å². The van der Waals surface area contributed by atoms with Crippen LogP contribution in [0.25, 0.3) is 0 Å². The van der Waals surface area contributed by atoms with Gasteiger partial charge in [0.1, 0.15) is 6.42 Å². The van der Waals surface area contributed by atoms with E-state index < -0.39 is 34.3 Å². The first-order chi connectivity index (χ1) is 13.3. The minimum absolute atomic E-state index is 0.253. The Morgan fingerprint density at radius 3 is 1.66 bits per heavy atom. The average molecular weight is 428 g/mol. The van der Waals surface area contributed by atoms with Crippen LogP contribution in [0.15, 0.2) is 42.5 Å². The number of Topliss-reactive ketones (excluding diaryl/α,β-unsaturated/α-hetero) is 1. The van der Waals surface area contributed by atoms with E-state index in [0.29, 0.717) is 5.56 Å². The zero-order valence-electron chi connectivity index (χ0n) is 17.9. The lowest BCUT2D eigenvalue weighted by Gasteiger charge is -2.24. The number of anilines is 1. The summed E-state index contributed by atoms with van der Waals surface area (Å²) in [5.74, 6) is -1.90. The number of carboxylic acids is 1. The fourth-order valence-electron chi connectivity index (χ4n) is 2.82. The van der Waals surface area contributed by atoms with Crippen LogP contribution in [0.1, 0.15) is 27.1 Å². The second-order valence-electron chi connectivity index (χ2n) is 9.32. The van der Waals surface area contributed by atoms with Gasteiger partial charge in [-0.05, 0) is 24.3 Å². The van der Waals surface area contributed by atoms with E-state index in [0.717, 1.165) is 5.69 Å². The molecule has 29 heavy (non-hydrogen) atoms. The van der Waals surface area contributed by atoms with Crippen molar-refractivity contribution in [3.63, 3.8) is 0 Å². The maximum Gasteiger partial charge on any atom is 0.311 e. The van der Waals surface area contributed by atoms with E-state index in [2.05, 4.69) is 62.8 Å². The van der Waals surface area contributed by atoms with Gasteiger partial charge in [0.25, 0.3) is 5.91 Å². The number of carbonyl (C=O) groups is 3. The van der Waals surface area contributed by atoms with Crippen molar-refractivity contribution in [1.82, 2.24) is 0 Å². The van der Waals surface area contributed by atoms with Crippen molar-refractivity contribution < 1.29 is 19.5 Å². The van der Waals surface area contributed by atoms with Crippen LogP contribution in [0.3, 0.4) is 0 Å². The predicted molar refractivity (Wildman–Crippen MR) is 123 cm³/mol. The first kappa shape index (κ1) is 22.8. The standard InChI is InChI=1S/C22H29NO4Si2/c1-28(2,3)18-11-17(12-19(13-18)29(4,5)6)23-22(27)16-9-7-15(8-10-16)20(24)14-21(25)26/h7-13H,14H2,1-6H3,(H,23,27)(H,25,26). The van der Waals surface area contributed by atoms with Gasteiger partial charge in [0.2, 0.25) is 0 Å². The number of benzene rings is 2. The molecule has 154 valence electrons. The lowest BCUT2D eigenvalue weighted by molar-refractivity contribution is -0.135. The molecular formula is C22H29NO4Si2. The molecule has 0 radical (unpaired) electrons. The molecule has 0 saturated carbocycles. The van der Waals surface area contributed by atoms with Crippen LogP contribution >= 0.6 is 0 Å². The smallest absolute Gasteiger partial charge is 0.311 e. The molecule has 0 saturated heterocycles. The number of amides is 1. The van der Waals surface area contributed by atoms with Gasteiger partial charge in [-0.1, -0.05) is 67.9 Å². The fraction of sp³-hybridized carbons (Fsp3) is 0.318. The first-order valence-corrected chi connectivity index (χ1v) is 16.6. The highest BCUT2D eigenvalue weighted by molar-refractivity contribution is 6.91. The Labute approximate surface area is 174 Å². The molecule has 0 aliphatic heterocycles. The third-order valence-electron chi connectivity index (χ3n) is 4.70. The zero-order valence-corrected chi connectivity index (χ0v) is 19.9. The monoisotopic (exact) mass is 427 g/mol. The molecule has 1 amide bonds. The summed E-state index contributed by atoms with van der Waals surface area (Å²) in [4.78, 5) is 35.2. The second-order valence-corrected chi connectivity index (χ2v) is 19.5. The van der Waals surface area contributed by atoms with E-state index in [9.17, 15) is 14.4 Å². The third-order valence-corrected chi connectivity index (χ3v) is 8.75. The number of rotatable bonds is 7. The van der Waals surface area contributed by atoms with Crippen molar-refractivity contribution in [2.45, 2.75) is 45.7 Å². The number of hydrogen-bond acceptors (Lipinski definition) is 3.